The van der Waals surface area contributed by atoms with Crippen molar-refractivity contribution >= 4 is 32.4 Å². The third kappa shape index (κ3) is 3.42. The Morgan fingerprint density at radius 2 is 1.50 bits per heavy atom. The van der Waals surface area contributed by atoms with Crippen LogP contribution in [0.5, 0.6) is 0 Å². The molecule has 0 aromatic heterocycles. The molecule has 5 nitrogen and oxygen atoms in total. The van der Waals surface area contributed by atoms with Gasteiger partial charge >= 0.3 is 0 Å². The highest BCUT2D eigenvalue weighted by Gasteiger charge is 2.37. The number of anilines is 1. The molecular weight excluding hydrogens is 420 g/mol. The number of nitrogens with zero attached hydrogens (tertiary/aromatic N) is 1. The molecule has 5 rings (SSSR count). The minimum atomic E-state index is -3.79. The minimum absolute atomic E-state index is 0.247. The van der Waals surface area contributed by atoms with Crippen LogP contribution in [0.1, 0.15) is 22.7 Å². The van der Waals surface area contributed by atoms with E-state index in [1.54, 1.807) is 18.2 Å². The molecule has 4 aromatic rings. The maximum atomic E-state index is 13.2. The van der Waals surface area contributed by atoms with Crippen molar-refractivity contribution in [2.24, 2.45) is 0 Å². The van der Waals surface area contributed by atoms with E-state index in [0.717, 1.165) is 22.1 Å². The van der Waals surface area contributed by atoms with Crippen LogP contribution in [-0.4, -0.2) is 20.9 Å². The van der Waals surface area contributed by atoms with Crippen molar-refractivity contribution in [1.29, 1.82) is 0 Å². The molecule has 1 aliphatic heterocycles. The smallest absolute Gasteiger partial charge is 0.265 e. The van der Waals surface area contributed by atoms with E-state index in [-0.39, 0.29) is 23.4 Å². The Morgan fingerprint density at radius 3 is 2.22 bits per heavy atom. The average Bonchev–Trinajstić information content (AvgIpc) is 3.02. The number of benzene rings is 4. The monoisotopic (exact) mass is 442 g/mol. The van der Waals surface area contributed by atoms with Gasteiger partial charge in [-0.2, -0.15) is 0 Å². The first-order chi connectivity index (χ1) is 15.4. The second-order valence-electron chi connectivity index (χ2n) is 7.96. The van der Waals surface area contributed by atoms with Crippen LogP contribution >= 0.6 is 0 Å². The number of carbonyl (C=O) groups excluding carboxylic acids is 1. The lowest BCUT2D eigenvalue weighted by molar-refractivity contribution is -0.120. The van der Waals surface area contributed by atoms with Gasteiger partial charge < -0.3 is 5.32 Å². The molecule has 0 spiro atoms. The second-order valence-corrected chi connectivity index (χ2v) is 9.80. The number of rotatable bonds is 5. The van der Waals surface area contributed by atoms with Crippen molar-refractivity contribution in [3.8, 4) is 0 Å². The van der Waals surface area contributed by atoms with Gasteiger partial charge in [0.1, 0.15) is 6.54 Å². The lowest BCUT2D eigenvalue weighted by atomic mass is 9.98. The number of amides is 1. The predicted octanol–water partition coefficient (Wildman–Crippen LogP) is 4.56. The van der Waals surface area contributed by atoms with E-state index in [1.165, 1.54) is 4.31 Å². The number of carbonyl (C=O) groups is 1. The van der Waals surface area contributed by atoms with Gasteiger partial charge in [0.2, 0.25) is 5.91 Å². The third-order valence-electron chi connectivity index (χ3n) is 5.82. The van der Waals surface area contributed by atoms with E-state index >= 15 is 0 Å². The van der Waals surface area contributed by atoms with E-state index in [9.17, 15) is 13.2 Å². The Hall–Kier alpha value is -3.64. The molecule has 6 heteroatoms. The number of sulfonamides is 1. The van der Waals surface area contributed by atoms with Crippen LogP contribution in [0, 0.1) is 6.92 Å². The van der Waals surface area contributed by atoms with Gasteiger partial charge in [0.05, 0.1) is 16.6 Å². The highest BCUT2D eigenvalue weighted by atomic mass is 32.2. The minimum Gasteiger partial charge on any atom is -0.344 e. The molecule has 0 fully saturated rings. The fourth-order valence-electron chi connectivity index (χ4n) is 4.23. The molecule has 1 unspecified atom stereocenters. The summed E-state index contributed by atoms with van der Waals surface area (Å²) in [6.07, 6.45) is 0. The summed E-state index contributed by atoms with van der Waals surface area (Å²) in [5.74, 6) is -0.368. The van der Waals surface area contributed by atoms with E-state index in [1.807, 2.05) is 79.7 Å². The quantitative estimate of drug-likeness (QED) is 0.493. The van der Waals surface area contributed by atoms with Crippen LogP contribution in [0.2, 0.25) is 0 Å². The van der Waals surface area contributed by atoms with Crippen molar-refractivity contribution in [1.82, 2.24) is 5.32 Å². The number of aryl methyl sites for hydroxylation is 1. The average molecular weight is 443 g/mol. The normalized spacial score (nSPS) is 15.0. The summed E-state index contributed by atoms with van der Waals surface area (Å²) in [6, 6.07) is 27.9. The largest absolute Gasteiger partial charge is 0.344 e. The molecule has 1 amide bonds. The van der Waals surface area contributed by atoms with E-state index < -0.39 is 10.0 Å². The maximum absolute atomic E-state index is 13.2. The second kappa shape index (κ2) is 7.80. The van der Waals surface area contributed by atoms with Crippen LogP contribution in [0.3, 0.4) is 0 Å². The van der Waals surface area contributed by atoms with Gasteiger partial charge in [-0.15, -0.1) is 0 Å². The first-order valence-corrected chi connectivity index (χ1v) is 11.8. The zero-order valence-corrected chi connectivity index (χ0v) is 18.3. The number of hydrogen-bond donors (Lipinski definition) is 1. The lowest BCUT2D eigenvalue weighted by Gasteiger charge is -2.23. The molecule has 0 radical (unpaired) electrons. The third-order valence-corrected chi connectivity index (χ3v) is 7.62. The van der Waals surface area contributed by atoms with Gasteiger partial charge in [-0.05, 0) is 35.6 Å². The van der Waals surface area contributed by atoms with Crippen LogP contribution < -0.4 is 9.62 Å². The van der Waals surface area contributed by atoms with Gasteiger partial charge in [0, 0.05) is 5.39 Å². The lowest BCUT2D eigenvalue weighted by Crippen LogP contribution is -2.40. The van der Waals surface area contributed by atoms with Gasteiger partial charge in [-0.3, -0.25) is 9.10 Å². The van der Waals surface area contributed by atoms with Crippen molar-refractivity contribution in [2.45, 2.75) is 17.9 Å². The molecule has 1 aliphatic rings. The molecule has 1 atom stereocenters. The molecule has 0 bridgehead atoms. The topological polar surface area (TPSA) is 66.5 Å². The Kier molecular flexibility index (Phi) is 4.94. The molecule has 0 aliphatic carbocycles. The fourth-order valence-corrected chi connectivity index (χ4v) is 5.90. The Labute approximate surface area is 187 Å². The maximum Gasteiger partial charge on any atom is 0.265 e. The highest BCUT2D eigenvalue weighted by Crippen LogP contribution is 2.41. The van der Waals surface area contributed by atoms with Gasteiger partial charge in [0.25, 0.3) is 10.0 Å². The summed E-state index contributed by atoms with van der Waals surface area (Å²) >= 11 is 0. The number of nitrogens with one attached hydrogen (secondary N) is 1. The van der Waals surface area contributed by atoms with Crippen molar-refractivity contribution < 1.29 is 13.2 Å². The molecule has 0 saturated heterocycles. The van der Waals surface area contributed by atoms with Crippen LogP contribution in [0.25, 0.3) is 10.8 Å². The van der Waals surface area contributed by atoms with Crippen LogP contribution in [0.15, 0.2) is 95.9 Å². The van der Waals surface area contributed by atoms with Gasteiger partial charge in [-0.25, -0.2) is 8.42 Å². The summed E-state index contributed by atoms with van der Waals surface area (Å²) < 4.78 is 27.6. The highest BCUT2D eigenvalue weighted by molar-refractivity contribution is 7.93. The first kappa shape index (κ1) is 20.3. The molecule has 0 saturated carbocycles. The summed E-state index contributed by atoms with van der Waals surface area (Å²) in [7, 11) is -3.79. The zero-order chi connectivity index (χ0) is 22.3. The predicted molar refractivity (Wildman–Crippen MR) is 126 cm³/mol. The van der Waals surface area contributed by atoms with Crippen LogP contribution in [0.4, 0.5) is 5.69 Å². The van der Waals surface area contributed by atoms with Gasteiger partial charge in [-0.1, -0.05) is 84.4 Å². The van der Waals surface area contributed by atoms with Gasteiger partial charge in [0.15, 0.2) is 0 Å². The Bertz CT molecular complexity index is 1410. The van der Waals surface area contributed by atoms with Crippen molar-refractivity contribution in [2.75, 3.05) is 10.8 Å². The summed E-state index contributed by atoms with van der Waals surface area (Å²) in [5.41, 5.74) is 3.53. The Balaban J connectivity index is 1.47. The summed E-state index contributed by atoms with van der Waals surface area (Å²) in [5, 5.41) is 4.56. The zero-order valence-electron chi connectivity index (χ0n) is 17.5. The summed E-state index contributed by atoms with van der Waals surface area (Å²) in [4.78, 5) is 13.4. The van der Waals surface area contributed by atoms with E-state index in [0.29, 0.717) is 11.1 Å². The molecular formula is C26H22N2O3S. The Morgan fingerprint density at radius 1 is 0.844 bits per heavy atom. The molecule has 1 N–H and O–H groups in total. The SMILES string of the molecule is Cc1ccc(C(NC(=O)CN2c3cccc4cccc(c34)S2(=O)=O)c2ccccc2)cc1. The van der Waals surface area contributed by atoms with E-state index in [4.69, 9.17) is 0 Å². The van der Waals surface area contributed by atoms with E-state index in [2.05, 4.69) is 5.32 Å². The standard InChI is InChI=1S/C26H22N2O3S/c1-18-13-15-21(16-14-18)26(20-7-3-2-4-8-20)27-24(29)17-28-22-11-5-9-19-10-6-12-23(25(19)22)32(28,30)31/h2-16,26H,17H2,1H3,(H,27,29). The summed E-state index contributed by atoms with van der Waals surface area (Å²) in [6.45, 7) is 1.72. The van der Waals surface area contributed by atoms with Crippen molar-refractivity contribution in [3.05, 3.63) is 108 Å². The number of hydrogen-bond acceptors (Lipinski definition) is 3. The molecule has 1 heterocycles. The van der Waals surface area contributed by atoms with Crippen LogP contribution in [-0.2, 0) is 14.8 Å². The molecule has 4 aromatic carbocycles. The molecule has 32 heavy (non-hydrogen) atoms. The van der Waals surface area contributed by atoms with Crippen molar-refractivity contribution in [3.63, 3.8) is 0 Å². The molecule has 160 valence electrons. The fraction of sp³-hybridized carbons (Fsp3) is 0.115. The first-order valence-electron chi connectivity index (χ1n) is 10.4.